The van der Waals surface area contributed by atoms with Gasteiger partial charge < -0.3 is 15.7 Å². The Bertz CT molecular complexity index is 787. The van der Waals surface area contributed by atoms with Crippen molar-refractivity contribution >= 4 is 17.3 Å². The molecule has 0 aromatic heterocycles. The molecule has 32 heavy (non-hydrogen) atoms. The van der Waals surface area contributed by atoms with Crippen molar-refractivity contribution in [2.45, 2.75) is 72.8 Å². The molecule has 1 rings (SSSR count). The summed E-state index contributed by atoms with van der Waals surface area (Å²) in [5.41, 5.74) is 6.66. The van der Waals surface area contributed by atoms with E-state index >= 15 is 0 Å². The SMILES string of the molecule is CC(C)=CCC/C(C)=C/CC/C(=C\CC/C(C)=C/CO)CNC(=S)NCc1ccccc1. The Morgan fingerprint density at radius 2 is 1.44 bits per heavy atom. The maximum atomic E-state index is 9.05. The minimum Gasteiger partial charge on any atom is -0.392 e. The van der Waals surface area contributed by atoms with Crippen LogP contribution in [0.1, 0.15) is 71.8 Å². The van der Waals surface area contributed by atoms with E-state index in [1.807, 2.05) is 24.3 Å². The Labute approximate surface area is 201 Å². The molecule has 0 unspecified atom stereocenters. The molecule has 0 saturated carbocycles. The van der Waals surface area contributed by atoms with Gasteiger partial charge in [0.25, 0.3) is 0 Å². The molecule has 0 aliphatic heterocycles. The molecule has 1 aromatic rings. The summed E-state index contributed by atoms with van der Waals surface area (Å²) in [6, 6.07) is 10.3. The summed E-state index contributed by atoms with van der Waals surface area (Å²) in [6.07, 6.45) is 15.1. The Balaban J connectivity index is 2.56. The fourth-order valence-corrected chi connectivity index (χ4v) is 3.40. The number of allylic oxidation sites excluding steroid dienone is 6. The molecule has 1 aromatic carbocycles. The smallest absolute Gasteiger partial charge is 0.166 e. The van der Waals surface area contributed by atoms with Gasteiger partial charge in [0.15, 0.2) is 5.11 Å². The van der Waals surface area contributed by atoms with Gasteiger partial charge in [-0.1, -0.05) is 76.9 Å². The fourth-order valence-electron chi connectivity index (χ4n) is 3.25. The number of thiocarbonyl (C=S) groups is 1. The monoisotopic (exact) mass is 454 g/mol. The third kappa shape index (κ3) is 14.8. The molecule has 0 heterocycles. The van der Waals surface area contributed by atoms with Crippen molar-refractivity contribution in [3.05, 3.63) is 82.5 Å². The van der Waals surface area contributed by atoms with E-state index in [0.29, 0.717) is 5.11 Å². The van der Waals surface area contributed by atoms with Gasteiger partial charge in [0.1, 0.15) is 0 Å². The molecule has 4 heteroatoms. The second kappa shape index (κ2) is 17.4. The first-order valence-electron chi connectivity index (χ1n) is 11.7. The van der Waals surface area contributed by atoms with E-state index in [1.54, 1.807) is 0 Å². The molecule has 0 radical (unpaired) electrons. The second-order valence-corrected chi connectivity index (χ2v) is 8.97. The summed E-state index contributed by atoms with van der Waals surface area (Å²) in [4.78, 5) is 0. The zero-order valence-electron chi connectivity index (χ0n) is 20.4. The summed E-state index contributed by atoms with van der Waals surface area (Å²) in [7, 11) is 0. The molecule has 176 valence electrons. The number of nitrogens with one attached hydrogen (secondary N) is 2. The molecule has 0 saturated heterocycles. The lowest BCUT2D eigenvalue weighted by Crippen LogP contribution is -2.35. The Hall–Kier alpha value is -2.17. The van der Waals surface area contributed by atoms with Crippen LogP contribution in [0.4, 0.5) is 0 Å². The van der Waals surface area contributed by atoms with Crippen LogP contribution in [0.25, 0.3) is 0 Å². The van der Waals surface area contributed by atoms with Crippen LogP contribution in [-0.2, 0) is 6.54 Å². The van der Waals surface area contributed by atoms with Gasteiger partial charge in [-0.25, -0.2) is 0 Å². The van der Waals surface area contributed by atoms with E-state index in [2.05, 4.69) is 68.7 Å². The van der Waals surface area contributed by atoms with Gasteiger partial charge in [-0.15, -0.1) is 0 Å². The highest BCUT2D eigenvalue weighted by Gasteiger charge is 2.01. The van der Waals surface area contributed by atoms with Gasteiger partial charge >= 0.3 is 0 Å². The van der Waals surface area contributed by atoms with Gasteiger partial charge in [-0.2, -0.15) is 0 Å². The number of hydrogen-bond donors (Lipinski definition) is 3. The number of aliphatic hydroxyl groups is 1. The van der Waals surface area contributed by atoms with Crippen LogP contribution in [0.5, 0.6) is 0 Å². The zero-order valence-corrected chi connectivity index (χ0v) is 21.2. The van der Waals surface area contributed by atoms with E-state index in [-0.39, 0.29) is 6.61 Å². The molecule has 0 spiro atoms. The molecule has 0 amide bonds. The average molecular weight is 455 g/mol. The summed E-state index contributed by atoms with van der Waals surface area (Å²) in [5, 5.41) is 16.4. The molecule has 0 fully saturated rings. The van der Waals surface area contributed by atoms with Crippen LogP contribution in [0, 0.1) is 0 Å². The molecule has 0 aliphatic rings. The van der Waals surface area contributed by atoms with E-state index in [4.69, 9.17) is 17.3 Å². The van der Waals surface area contributed by atoms with Crippen molar-refractivity contribution in [2.75, 3.05) is 13.2 Å². The standard InChI is InChI=1S/C28H42N2OS/c1-23(2)11-8-12-24(3)13-9-17-27(18-10-14-25(4)19-20-31)22-30-28(32)29-21-26-15-6-5-7-16-26/h5-7,11,13,15-16,18-19,31H,8-10,12,14,17,20-22H2,1-4H3,(H2,29,30,32)/b24-13+,25-19+,27-18+. The molecular weight excluding hydrogens is 412 g/mol. The Morgan fingerprint density at radius 1 is 0.812 bits per heavy atom. The summed E-state index contributed by atoms with van der Waals surface area (Å²) in [5.74, 6) is 0. The highest BCUT2D eigenvalue weighted by Crippen LogP contribution is 2.14. The van der Waals surface area contributed by atoms with Crippen LogP contribution < -0.4 is 10.6 Å². The third-order valence-corrected chi connectivity index (χ3v) is 5.52. The van der Waals surface area contributed by atoms with Gasteiger partial charge in [0, 0.05) is 13.1 Å². The van der Waals surface area contributed by atoms with Crippen LogP contribution in [0.3, 0.4) is 0 Å². The molecule has 0 bridgehead atoms. The van der Waals surface area contributed by atoms with Gasteiger partial charge in [0.05, 0.1) is 6.61 Å². The number of hydrogen-bond acceptors (Lipinski definition) is 2. The fraction of sp³-hybridized carbons (Fsp3) is 0.464. The normalized spacial score (nSPS) is 12.5. The first-order valence-corrected chi connectivity index (χ1v) is 12.1. The van der Waals surface area contributed by atoms with E-state index in [9.17, 15) is 0 Å². The lowest BCUT2D eigenvalue weighted by atomic mass is 10.0. The Morgan fingerprint density at radius 3 is 2.09 bits per heavy atom. The summed E-state index contributed by atoms with van der Waals surface area (Å²) in [6.45, 7) is 10.2. The molecule has 3 nitrogen and oxygen atoms in total. The number of rotatable bonds is 14. The van der Waals surface area contributed by atoms with Crippen LogP contribution in [0.15, 0.2) is 76.9 Å². The van der Waals surface area contributed by atoms with Crippen molar-refractivity contribution in [1.29, 1.82) is 0 Å². The third-order valence-electron chi connectivity index (χ3n) is 5.23. The minimum atomic E-state index is 0.113. The minimum absolute atomic E-state index is 0.113. The Kier molecular flexibility index (Phi) is 15.1. The van der Waals surface area contributed by atoms with E-state index < -0.39 is 0 Å². The molecule has 3 N–H and O–H groups in total. The highest BCUT2D eigenvalue weighted by molar-refractivity contribution is 7.80. The van der Waals surface area contributed by atoms with Crippen LogP contribution in [-0.4, -0.2) is 23.4 Å². The van der Waals surface area contributed by atoms with Crippen LogP contribution >= 0.6 is 12.2 Å². The summed E-state index contributed by atoms with van der Waals surface area (Å²) >= 11 is 5.48. The predicted octanol–water partition coefficient (Wildman–Crippen LogP) is 6.77. The van der Waals surface area contributed by atoms with Crippen molar-refractivity contribution in [2.24, 2.45) is 0 Å². The quantitative estimate of drug-likeness (QED) is 0.214. The largest absolute Gasteiger partial charge is 0.392 e. The van der Waals surface area contributed by atoms with Crippen molar-refractivity contribution in [3.63, 3.8) is 0 Å². The maximum Gasteiger partial charge on any atom is 0.166 e. The molecule has 0 atom stereocenters. The van der Waals surface area contributed by atoms with Gasteiger partial charge in [-0.3, -0.25) is 0 Å². The first-order chi connectivity index (χ1) is 15.4. The topological polar surface area (TPSA) is 44.3 Å². The molecular formula is C28H42N2OS. The van der Waals surface area contributed by atoms with Crippen molar-refractivity contribution in [3.8, 4) is 0 Å². The lowest BCUT2D eigenvalue weighted by Gasteiger charge is -2.13. The highest BCUT2D eigenvalue weighted by atomic mass is 32.1. The predicted molar refractivity (Wildman–Crippen MR) is 144 cm³/mol. The van der Waals surface area contributed by atoms with E-state index in [0.717, 1.165) is 51.6 Å². The first kappa shape index (κ1) is 27.9. The zero-order chi connectivity index (χ0) is 23.6. The summed E-state index contributed by atoms with van der Waals surface area (Å²) < 4.78 is 0. The van der Waals surface area contributed by atoms with Crippen molar-refractivity contribution < 1.29 is 5.11 Å². The van der Waals surface area contributed by atoms with Gasteiger partial charge in [-0.05, 0) is 84.0 Å². The lowest BCUT2D eigenvalue weighted by molar-refractivity contribution is 0.341. The maximum absolute atomic E-state index is 9.05. The molecule has 0 aliphatic carbocycles. The second-order valence-electron chi connectivity index (χ2n) is 8.57. The number of aliphatic hydroxyl groups excluding tert-OH is 1. The van der Waals surface area contributed by atoms with Crippen LogP contribution in [0.2, 0.25) is 0 Å². The van der Waals surface area contributed by atoms with Crippen molar-refractivity contribution in [1.82, 2.24) is 10.6 Å². The van der Waals surface area contributed by atoms with E-state index in [1.165, 1.54) is 27.9 Å². The number of benzene rings is 1. The van der Waals surface area contributed by atoms with Gasteiger partial charge in [0.2, 0.25) is 0 Å². The average Bonchev–Trinajstić information content (AvgIpc) is 2.76.